The van der Waals surface area contributed by atoms with E-state index in [0.29, 0.717) is 0 Å². The van der Waals surface area contributed by atoms with Crippen LogP contribution in [0.1, 0.15) is 60.5 Å². The molecule has 300 valence electrons. The summed E-state index contributed by atoms with van der Waals surface area (Å²) in [6, 6.07) is 56.2. The van der Waals surface area contributed by atoms with Crippen LogP contribution < -0.4 is 10.6 Å². The van der Waals surface area contributed by atoms with Crippen molar-refractivity contribution >= 4 is 38.5 Å². The average Bonchev–Trinajstić information content (AvgIpc) is 3.93. The second-order valence-corrected chi connectivity index (χ2v) is 17.7. The molecule has 3 aliphatic rings. The SMILES string of the molecule is CCc1oc2ccc(-c3ccc4c(c3)c3ccccc3n4-c3ccc4c(c3)C(C)(C)c3cc(C5NC(c6ccccc6)=C6C=CC=CC6N5)ccc3-4)cc2c1-c1ccccc1C. The van der Waals surface area contributed by atoms with Gasteiger partial charge < -0.3 is 14.3 Å². The largest absolute Gasteiger partial charge is 0.460 e. The Hall–Kier alpha value is -7.14. The Bertz CT molecular complexity index is 3390. The van der Waals surface area contributed by atoms with Gasteiger partial charge in [0.1, 0.15) is 17.5 Å². The number of aryl methyl sites for hydroxylation is 2. The maximum absolute atomic E-state index is 6.45. The van der Waals surface area contributed by atoms with Gasteiger partial charge in [-0.05, 0) is 111 Å². The van der Waals surface area contributed by atoms with Crippen molar-refractivity contribution in [1.29, 1.82) is 0 Å². The van der Waals surface area contributed by atoms with E-state index in [1.165, 1.54) is 100.0 Å². The van der Waals surface area contributed by atoms with Crippen molar-refractivity contribution in [3.63, 3.8) is 0 Å². The molecule has 4 nitrogen and oxygen atoms in total. The van der Waals surface area contributed by atoms with Gasteiger partial charge in [-0.2, -0.15) is 0 Å². The Morgan fingerprint density at radius 1 is 0.629 bits per heavy atom. The second-order valence-electron chi connectivity index (χ2n) is 17.7. The van der Waals surface area contributed by atoms with Crippen LogP contribution in [0.4, 0.5) is 0 Å². The van der Waals surface area contributed by atoms with E-state index in [-0.39, 0.29) is 17.6 Å². The number of nitrogens with one attached hydrogen (secondary N) is 2. The maximum atomic E-state index is 6.45. The number of nitrogens with zero attached hydrogens (tertiary/aromatic N) is 1. The Balaban J connectivity index is 0.922. The molecule has 0 spiro atoms. The smallest absolute Gasteiger partial charge is 0.134 e. The summed E-state index contributed by atoms with van der Waals surface area (Å²) >= 11 is 0. The second kappa shape index (κ2) is 14.0. The van der Waals surface area contributed by atoms with Crippen LogP contribution in [0.5, 0.6) is 0 Å². The fourth-order valence-corrected chi connectivity index (χ4v) is 10.6. The molecule has 0 bridgehead atoms. The van der Waals surface area contributed by atoms with E-state index >= 15 is 0 Å². The van der Waals surface area contributed by atoms with E-state index in [0.717, 1.165) is 23.2 Å². The van der Waals surface area contributed by atoms with Crippen molar-refractivity contribution in [1.82, 2.24) is 15.2 Å². The van der Waals surface area contributed by atoms with Crippen molar-refractivity contribution in [3.8, 4) is 39.1 Å². The molecule has 0 amide bonds. The lowest BCUT2D eigenvalue weighted by atomic mass is 9.81. The van der Waals surface area contributed by atoms with Gasteiger partial charge in [0.25, 0.3) is 0 Å². The highest BCUT2D eigenvalue weighted by Crippen LogP contribution is 2.51. The standard InChI is InChI=1S/C58H47N3O/c1-5-53-55(41-18-10-9-15-35(41)2)47-32-38(25-30-54(47)62-53)37-24-29-52-46(31-37)44-19-12-14-22-51(44)61(52)40-26-28-43-42-27-23-39(33-48(42)58(3,4)49(43)34-40)57-59-50-21-13-11-20-45(50)56(60-57)36-16-7-6-8-17-36/h6-34,50,57,59-60H,5H2,1-4H3. The molecule has 0 saturated carbocycles. The van der Waals surface area contributed by atoms with Crippen LogP contribution in [0.15, 0.2) is 186 Å². The summed E-state index contributed by atoms with van der Waals surface area (Å²) in [4.78, 5) is 0. The molecule has 4 heteroatoms. The van der Waals surface area contributed by atoms with Crippen LogP contribution in [0, 0.1) is 6.92 Å². The van der Waals surface area contributed by atoms with Crippen LogP contribution in [0.25, 0.3) is 77.5 Å². The van der Waals surface area contributed by atoms with Crippen molar-refractivity contribution in [2.75, 3.05) is 0 Å². The number of benzene rings is 7. The Morgan fingerprint density at radius 2 is 1.35 bits per heavy atom. The van der Waals surface area contributed by atoms with Gasteiger partial charge in [0, 0.05) is 44.9 Å². The molecule has 2 unspecified atom stereocenters. The lowest BCUT2D eigenvalue weighted by Crippen LogP contribution is -2.45. The molecule has 0 radical (unpaired) electrons. The molecule has 2 aliphatic carbocycles. The first-order chi connectivity index (χ1) is 30.4. The van der Waals surface area contributed by atoms with Gasteiger partial charge in [0.05, 0.1) is 17.1 Å². The minimum atomic E-state index is -0.200. The summed E-state index contributed by atoms with van der Waals surface area (Å²) in [5.74, 6) is 1.03. The van der Waals surface area contributed by atoms with Gasteiger partial charge in [-0.15, -0.1) is 0 Å². The summed E-state index contributed by atoms with van der Waals surface area (Å²) in [7, 11) is 0. The summed E-state index contributed by atoms with van der Waals surface area (Å²) < 4.78 is 8.91. The van der Waals surface area contributed by atoms with Gasteiger partial charge in [0.15, 0.2) is 0 Å². The van der Waals surface area contributed by atoms with Gasteiger partial charge in [0.2, 0.25) is 0 Å². The zero-order valence-electron chi connectivity index (χ0n) is 35.5. The molecule has 12 rings (SSSR count). The number of hydrogen-bond donors (Lipinski definition) is 2. The maximum Gasteiger partial charge on any atom is 0.134 e. The topological polar surface area (TPSA) is 42.1 Å². The molecule has 1 aliphatic heterocycles. The molecule has 62 heavy (non-hydrogen) atoms. The van der Waals surface area contributed by atoms with E-state index < -0.39 is 0 Å². The summed E-state index contributed by atoms with van der Waals surface area (Å²) in [6.07, 6.45) is 9.57. The third-order valence-corrected chi connectivity index (χ3v) is 13.8. The first-order valence-corrected chi connectivity index (χ1v) is 22.0. The van der Waals surface area contributed by atoms with Gasteiger partial charge in [-0.1, -0.05) is 154 Å². The molecule has 2 atom stereocenters. The highest BCUT2D eigenvalue weighted by atomic mass is 16.3. The van der Waals surface area contributed by atoms with Crippen LogP contribution in [-0.2, 0) is 11.8 Å². The predicted molar refractivity (Wildman–Crippen MR) is 258 cm³/mol. The highest BCUT2D eigenvalue weighted by molar-refractivity contribution is 6.11. The Morgan fingerprint density at radius 3 is 2.19 bits per heavy atom. The number of fused-ring (bicyclic) bond motifs is 8. The van der Waals surface area contributed by atoms with Gasteiger partial charge >= 0.3 is 0 Å². The van der Waals surface area contributed by atoms with E-state index in [2.05, 4.69) is 219 Å². The zero-order valence-corrected chi connectivity index (χ0v) is 35.5. The molecule has 3 heterocycles. The molecule has 2 aromatic heterocycles. The molecule has 0 fully saturated rings. The van der Waals surface area contributed by atoms with Crippen molar-refractivity contribution in [3.05, 3.63) is 215 Å². The first kappa shape index (κ1) is 36.7. The quantitative estimate of drug-likeness (QED) is 0.176. The number of furan rings is 1. The van der Waals surface area contributed by atoms with Gasteiger partial charge in [-0.3, -0.25) is 5.32 Å². The number of rotatable bonds is 6. The molecule has 9 aromatic rings. The molecule has 2 N–H and O–H groups in total. The number of para-hydroxylation sites is 1. The highest BCUT2D eigenvalue weighted by Gasteiger charge is 2.37. The summed E-state index contributed by atoms with van der Waals surface area (Å²) in [6.45, 7) is 9.14. The van der Waals surface area contributed by atoms with E-state index in [1.54, 1.807) is 0 Å². The van der Waals surface area contributed by atoms with Crippen molar-refractivity contribution in [2.45, 2.75) is 51.7 Å². The monoisotopic (exact) mass is 801 g/mol. The van der Waals surface area contributed by atoms with Gasteiger partial charge in [-0.25, -0.2) is 0 Å². The number of allylic oxidation sites excluding steroid dienone is 2. The molecular formula is C58H47N3O. The number of hydrogen-bond acceptors (Lipinski definition) is 3. The lowest BCUT2D eigenvalue weighted by molar-refractivity contribution is 0.459. The number of aromatic nitrogens is 1. The van der Waals surface area contributed by atoms with E-state index in [1.807, 2.05) is 0 Å². The predicted octanol–water partition coefficient (Wildman–Crippen LogP) is 14.1. The molecule has 7 aromatic carbocycles. The van der Waals surface area contributed by atoms with Crippen LogP contribution in [0.3, 0.4) is 0 Å². The van der Waals surface area contributed by atoms with Crippen LogP contribution in [-0.4, -0.2) is 10.6 Å². The third-order valence-electron chi connectivity index (χ3n) is 13.8. The van der Waals surface area contributed by atoms with Crippen molar-refractivity contribution < 1.29 is 4.42 Å². The first-order valence-electron chi connectivity index (χ1n) is 22.0. The minimum Gasteiger partial charge on any atom is -0.460 e. The Kier molecular flexibility index (Phi) is 8.26. The Labute approximate surface area is 362 Å². The van der Waals surface area contributed by atoms with Crippen LogP contribution in [0.2, 0.25) is 0 Å². The zero-order chi connectivity index (χ0) is 41.7. The third kappa shape index (κ3) is 5.56. The lowest BCUT2D eigenvalue weighted by Gasteiger charge is -2.36. The van der Waals surface area contributed by atoms with Crippen LogP contribution >= 0.6 is 0 Å². The molecule has 0 saturated heterocycles. The van der Waals surface area contributed by atoms with E-state index in [4.69, 9.17) is 4.42 Å². The summed E-state index contributed by atoms with van der Waals surface area (Å²) in [5.41, 5.74) is 20.6. The fraction of sp³-hybridized carbons (Fsp3) is 0.138. The van der Waals surface area contributed by atoms with Crippen molar-refractivity contribution in [2.24, 2.45) is 0 Å². The normalized spacial score (nSPS) is 17.4. The average molecular weight is 802 g/mol. The fourth-order valence-electron chi connectivity index (χ4n) is 10.6. The van der Waals surface area contributed by atoms with E-state index in [9.17, 15) is 0 Å². The summed E-state index contributed by atoms with van der Waals surface area (Å²) in [5, 5.41) is 11.5. The minimum absolute atomic E-state index is 0.0384. The molecular weight excluding hydrogens is 755 g/mol.